The topological polar surface area (TPSA) is 134 Å². The molecule has 0 aliphatic rings. The molecule has 0 saturated carbocycles. The predicted octanol–water partition coefficient (Wildman–Crippen LogP) is 7.24. The molecule has 2 aromatic rings. The van der Waals surface area contributed by atoms with Gasteiger partial charge < -0.3 is 30.1 Å². The molecule has 10 heteroatoms. The summed E-state index contributed by atoms with van der Waals surface area (Å²) in [6.07, 6.45) is 4.53. The summed E-state index contributed by atoms with van der Waals surface area (Å²) < 4.78 is 11.2. The van der Waals surface area contributed by atoms with Crippen molar-refractivity contribution in [1.29, 1.82) is 0 Å². The number of amides is 3. The number of unbranched alkanes of at least 4 members (excludes halogenated alkanes) is 4. The number of phenolic OH excluding ortho intramolecular Hbond substituents is 1. The fourth-order valence-electron chi connectivity index (χ4n) is 5.34. The first kappa shape index (κ1) is 41.1. The van der Waals surface area contributed by atoms with E-state index in [0.717, 1.165) is 31.2 Å². The molecule has 272 valence electrons. The largest absolute Gasteiger partial charge is 0.508 e. The van der Waals surface area contributed by atoms with Gasteiger partial charge in [-0.05, 0) is 77.1 Å². The van der Waals surface area contributed by atoms with E-state index in [1.165, 1.54) is 17.0 Å². The van der Waals surface area contributed by atoms with Crippen molar-refractivity contribution in [3.05, 3.63) is 65.7 Å². The Labute approximate surface area is 293 Å². The van der Waals surface area contributed by atoms with E-state index in [1.807, 2.05) is 44.2 Å². The Morgan fingerprint density at radius 1 is 0.796 bits per heavy atom. The molecule has 0 aromatic heterocycles. The van der Waals surface area contributed by atoms with E-state index in [9.17, 15) is 24.3 Å². The van der Waals surface area contributed by atoms with Gasteiger partial charge >= 0.3 is 12.1 Å². The Morgan fingerprint density at radius 2 is 1.39 bits per heavy atom. The maximum absolute atomic E-state index is 14.7. The zero-order valence-corrected chi connectivity index (χ0v) is 31.0. The van der Waals surface area contributed by atoms with Crippen LogP contribution in [0.5, 0.6) is 5.75 Å². The average Bonchev–Trinajstić information content (AvgIpc) is 3.01. The monoisotopic (exact) mass is 681 g/mol. The van der Waals surface area contributed by atoms with Crippen molar-refractivity contribution in [3.63, 3.8) is 0 Å². The van der Waals surface area contributed by atoms with E-state index >= 15 is 0 Å². The second-order valence-electron chi connectivity index (χ2n) is 14.7. The SMILES string of the molecule is CCCCCCCN(C(=O)C(NC(=O)OC(C)(C)C)C(C)CC)C(C(=O)NC(Cc1ccccc1)C(=O)OC(C)(C)C)c1ccc(O)cc1. The molecule has 0 spiro atoms. The number of esters is 1. The quantitative estimate of drug-likeness (QED) is 0.118. The molecule has 0 aliphatic heterocycles. The number of ether oxygens (including phenoxy) is 2. The summed E-state index contributed by atoms with van der Waals surface area (Å²) in [5.41, 5.74) is -0.317. The highest BCUT2D eigenvalue weighted by atomic mass is 16.6. The van der Waals surface area contributed by atoms with Gasteiger partial charge in [-0.3, -0.25) is 9.59 Å². The molecule has 3 N–H and O–H groups in total. The van der Waals surface area contributed by atoms with E-state index in [-0.39, 0.29) is 24.6 Å². The minimum absolute atomic E-state index is 0.000124. The minimum atomic E-state index is -1.19. The van der Waals surface area contributed by atoms with Crippen molar-refractivity contribution in [2.24, 2.45) is 5.92 Å². The van der Waals surface area contributed by atoms with E-state index in [0.29, 0.717) is 18.4 Å². The Kier molecular flexibility index (Phi) is 16.1. The van der Waals surface area contributed by atoms with Gasteiger partial charge in [0.05, 0.1) is 0 Å². The highest BCUT2D eigenvalue weighted by molar-refractivity contribution is 5.94. The molecular formula is C39H59N3O7. The zero-order valence-electron chi connectivity index (χ0n) is 31.0. The van der Waals surface area contributed by atoms with Crippen LogP contribution in [0.2, 0.25) is 0 Å². The molecule has 3 amide bonds. The lowest BCUT2D eigenvalue weighted by Crippen LogP contribution is -2.56. The van der Waals surface area contributed by atoms with Crippen molar-refractivity contribution in [2.75, 3.05) is 6.54 Å². The third kappa shape index (κ3) is 14.5. The normalized spacial score (nSPS) is 14.1. The molecule has 0 fully saturated rings. The Balaban J connectivity index is 2.64. The zero-order chi connectivity index (χ0) is 36.8. The van der Waals surface area contributed by atoms with E-state index < -0.39 is 53.2 Å². The van der Waals surface area contributed by atoms with Gasteiger partial charge in [-0.25, -0.2) is 9.59 Å². The first-order valence-electron chi connectivity index (χ1n) is 17.6. The lowest BCUT2D eigenvalue weighted by atomic mass is 9.95. The first-order valence-corrected chi connectivity index (χ1v) is 17.6. The molecule has 49 heavy (non-hydrogen) atoms. The molecule has 10 nitrogen and oxygen atoms in total. The van der Waals surface area contributed by atoms with Crippen LogP contribution in [0.1, 0.15) is 118 Å². The van der Waals surface area contributed by atoms with Gasteiger partial charge in [-0.2, -0.15) is 0 Å². The average molecular weight is 682 g/mol. The number of hydrogen-bond donors (Lipinski definition) is 3. The lowest BCUT2D eigenvalue weighted by Gasteiger charge is -2.36. The Hall–Kier alpha value is -4.08. The third-order valence-electron chi connectivity index (χ3n) is 8.00. The molecule has 2 aromatic carbocycles. The van der Waals surface area contributed by atoms with Gasteiger partial charge in [0.2, 0.25) is 11.8 Å². The summed E-state index contributed by atoms with van der Waals surface area (Å²) in [4.78, 5) is 57.3. The second kappa shape index (κ2) is 19.2. The molecule has 0 radical (unpaired) electrons. The number of phenols is 1. The number of aromatic hydroxyl groups is 1. The molecule has 2 rings (SSSR count). The Bertz CT molecular complexity index is 1330. The summed E-state index contributed by atoms with van der Waals surface area (Å²) in [7, 11) is 0. The fraction of sp³-hybridized carbons (Fsp3) is 0.590. The summed E-state index contributed by atoms with van der Waals surface area (Å²) in [6, 6.07) is 12.2. The highest BCUT2D eigenvalue weighted by Gasteiger charge is 2.39. The van der Waals surface area contributed by atoms with Crippen LogP contribution in [-0.2, 0) is 30.3 Å². The fourth-order valence-corrected chi connectivity index (χ4v) is 5.34. The number of rotatable bonds is 17. The predicted molar refractivity (Wildman–Crippen MR) is 192 cm³/mol. The number of nitrogens with one attached hydrogen (secondary N) is 2. The minimum Gasteiger partial charge on any atom is -0.508 e. The van der Waals surface area contributed by atoms with Gasteiger partial charge in [0, 0.05) is 13.0 Å². The summed E-state index contributed by atoms with van der Waals surface area (Å²) in [5, 5.41) is 15.8. The third-order valence-corrected chi connectivity index (χ3v) is 8.00. The van der Waals surface area contributed by atoms with Crippen LogP contribution in [-0.4, -0.2) is 63.7 Å². The lowest BCUT2D eigenvalue weighted by molar-refractivity contribution is -0.159. The molecule has 0 bridgehead atoms. The number of benzene rings is 2. The van der Waals surface area contributed by atoms with E-state index in [2.05, 4.69) is 17.6 Å². The van der Waals surface area contributed by atoms with Crippen molar-refractivity contribution >= 4 is 23.9 Å². The van der Waals surface area contributed by atoms with Crippen LogP contribution in [0.25, 0.3) is 0 Å². The number of nitrogens with zero attached hydrogens (tertiary/aromatic N) is 1. The molecule has 0 saturated heterocycles. The highest BCUT2D eigenvalue weighted by Crippen LogP contribution is 2.27. The number of carbonyl (C=O) groups excluding carboxylic acids is 4. The summed E-state index contributed by atoms with van der Waals surface area (Å²) in [6.45, 7) is 16.7. The van der Waals surface area contributed by atoms with Gasteiger partial charge in [0.25, 0.3) is 0 Å². The summed E-state index contributed by atoms with van der Waals surface area (Å²) >= 11 is 0. The Morgan fingerprint density at radius 3 is 1.94 bits per heavy atom. The van der Waals surface area contributed by atoms with E-state index in [4.69, 9.17) is 9.47 Å². The van der Waals surface area contributed by atoms with Gasteiger partial charge in [-0.15, -0.1) is 0 Å². The van der Waals surface area contributed by atoms with Crippen LogP contribution in [0.15, 0.2) is 54.6 Å². The van der Waals surface area contributed by atoms with Gasteiger partial charge in [-0.1, -0.05) is 95.3 Å². The van der Waals surface area contributed by atoms with Crippen molar-refractivity contribution in [3.8, 4) is 5.75 Å². The van der Waals surface area contributed by atoms with E-state index in [1.54, 1.807) is 53.7 Å². The van der Waals surface area contributed by atoms with Crippen molar-refractivity contribution in [2.45, 2.75) is 137 Å². The molecular weight excluding hydrogens is 622 g/mol. The number of alkyl carbamates (subject to hydrolysis) is 1. The molecule has 4 atom stereocenters. The maximum Gasteiger partial charge on any atom is 0.408 e. The van der Waals surface area contributed by atoms with Crippen LogP contribution >= 0.6 is 0 Å². The maximum atomic E-state index is 14.7. The first-order chi connectivity index (χ1) is 23.0. The van der Waals surface area contributed by atoms with Crippen LogP contribution in [0.4, 0.5) is 4.79 Å². The standard InChI is InChI=1S/C39H59N3O7/c1-10-12-13-14-18-25-42(35(45)32(27(3)11-2)41-37(47)49-39(7,8)9)33(29-21-23-30(43)24-22-29)34(44)40-31(36(46)48-38(4,5)6)26-28-19-16-15-17-20-28/h15-17,19-24,27,31-33,43H,10-14,18,25-26H2,1-9H3,(H,40,44)(H,41,47). The van der Waals surface area contributed by atoms with Gasteiger partial charge in [0.15, 0.2) is 0 Å². The van der Waals surface area contributed by atoms with Crippen molar-refractivity contribution < 1.29 is 33.8 Å². The van der Waals surface area contributed by atoms with Crippen LogP contribution in [0, 0.1) is 5.92 Å². The number of carbonyl (C=O) groups is 4. The van der Waals surface area contributed by atoms with Crippen LogP contribution in [0.3, 0.4) is 0 Å². The summed E-state index contributed by atoms with van der Waals surface area (Å²) in [5.74, 6) is -1.92. The van der Waals surface area contributed by atoms with Gasteiger partial charge in [0.1, 0.15) is 35.1 Å². The number of hydrogen-bond acceptors (Lipinski definition) is 7. The molecule has 0 heterocycles. The molecule has 4 unspecified atom stereocenters. The van der Waals surface area contributed by atoms with Crippen molar-refractivity contribution in [1.82, 2.24) is 15.5 Å². The smallest absolute Gasteiger partial charge is 0.408 e. The molecule has 0 aliphatic carbocycles. The second-order valence-corrected chi connectivity index (χ2v) is 14.7. The van der Waals surface area contributed by atoms with Crippen LogP contribution < -0.4 is 10.6 Å².